The van der Waals surface area contributed by atoms with Crippen molar-refractivity contribution in [1.82, 2.24) is 4.90 Å². The van der Waals surface area contributed by atoms with Crippen LogP contribution in [-0.2, 0) is 0 Å². The fraction of sp³-hybridized carbons (Fsp3) is 1.00. The number of thioether (sulfide) groups is 1. The molecule has 0 radical (unpaired) electrons. The van der Waals surface area contributed by atoms with Gasteiger partial charge < -0.3 is 5.73 Å². The summed E-state index contributed by atoms with van der Waals surface area (Å²) in [4.78, 5) is 2.38. The number of hydrogen-bond donors (Lipinski definition) is 1. The van der Waals surface area contributed by atoms with Gasteiger partial charge in [0.1, 0.15) is 0 Å². The van der Waals surface area contributed by atoms with Crippen molar-refractivity contribution in [1.29, 1.82) is 0 Å². The van der Waals surface area contributed by atoms with Crippen LogP contribution in [0.15, 0.2) is 0 Å². The first kappa shape index (κ1) is 9.36. The Labute approximate surface area is 73.5 Å². The molecule has 1 aliphatic heterocycles. The SMILES string of the molecule is CCCCC(N)N1CCSC1. The summed E-state index contributed by atoms with van der Waals surface area (Å²) in [5.41, 5.74) is 5.98. The van der Waals surface area contributed by atoms with E-state index in [1.165, 1.54) is 25.1 Å². The summed E-state index contributed by atoms with van der Waals surface area (Å²) in [6.07, 6.45) is 4.01. The Morgan fingerprint density at radius 3 is 3.00 bits per heavy atom. The van der Waals surface area contributed by atoms with Crippen LogP contribution in [0.2, 0.25) is 0 Å². The quantitative estimate of drug-likeness (QED) is 0.700. The molecule has 11 heavy (non-hydrogen) atoms. The summed E-state index contributed by atoms with van der Waals surface area (Å²) in [7, 11) is 0. The number of hydrogen-bond acceptors (Lipinski definition) is 3. The highest BCUT2D eigenvalue weighted by Gasteiger charge is 2.17. The molecule has 0 aliphatic carbocycles. The second kappa shape index (κ2) is 5.01. The highest BCUT2D eigenvalue weighted by molar-refractivity contribution is 7.99. The average Bonchev–Trinajstić information content (AvgIpc) is 2.52. The summed E-state index contributed by atoms with van der Waals surface area (Å²) < 4.78 is 0. The maximum absolute atomic E-state index is 5.98. The first-order valence-corrected chi connectivity index (χ1v) is 5.57. The molecule has 66 valence electrons. The standard InChI is InChI=1S/C8H18N2S/c1-2-3-4-8(9)10-5-6-11-7-10/h8H,2-7,9H2,1H3. The van der Waals surface area contributed by atoms with Crippen molar-refractivity contribution in [3.05, 3.63) is 0 Å². The molecular formula is C8H18N2S. The van der Waals surface area contributed by atoms with Crippen molar-refractivity contribution < 1.29 is 0 Å². The van der Waals surface area contributed by atoms with Crippen LogP contribution in [0.4, 0.5) is 0 Å². The van der Waals surface area contributed by atoms with Crippen molar-refractivity contribution in [3.8, 4) is 0 Å². The van der Waals surface area contributed by atoms with Crippen molar-refractivity contribution >= 4 is 11.8 Å². The fourth-order valence-corrected chi connectivity index (χ4v) is 2.33. The third-order valence-corrected chi connectivity index (χ3v) is 3.09. The van der Waals surface area contributed by atoms with Gasteiger partial charge in [0.15, 0.2) is 0 Å². The molecule has 1 fully saturated rings. The van der Waals surface area contributed by atoms with Gasteiger partial charge in [0.25, 0.3) is 0 Å². The van der Waals surface area contributed by atoms with E-state index >= 15 is 0 Å². The van der Waals surface area contributed by atoms with E-state index in [0.29, 0.717) is 6.17 Å². The van der Waals surface area contributed by atoms with Gasteiger partial charge >= 0.3 is 0 Å². The summed E-state index contributed by atoms with van der Waals surface area (Å²) in [5, 5.41) is 0. The van der Waals surface area contributed by atoms with Gasteiger partial charge in [-0.15, -0.1) is 11.8 Å². The zero-order chi connectivity index (χ0) is 8.10. The Morgan fingerprint density at radius 2 is 2.45 bits per heavy atom. The minimum absolute atomic E-state index is 0.324. The Hall–Kier alpha value is 0.270. The maximum Gasteiger partial charge on any atom is 0.0579 e. The predicted molar refractivity (Wildman–Crippen MR) is 51.5 cm³/mol. The van der Waals surface area contributed by atoms with Crippen LogP contribution in [0.3, 0.4) is 0 Å². The molecule has 1 saturated heterocycles. The molecule has 1 aliphatic rings. The van der Waals surface area contributed by atoms with E-state index < -0.39 is 0 Å². The lowest BCUT2D eigenvalue weighted by Crippen LogP contribution is -2.39. The van der Waals surface area contributed by atoms with Crippen LogP contribution >= 0.6 is 11.8 Å². The largest absolute Gasteiger partial charge is 0.316 e. The summed E-state index contributed by atoms with van der Waals surface area (Å²) in [5.74, 6) is 2.41. The lowest BCUT2D eigenvalue weighted by molar-refractivity contribution is 0.244. The summed E-state index contributed by atoms with van der Waals surface area (Å²) >= 11 is 1.99. The first-order valence-electron chi connectivity index (χ1n) is 4.42. The van der Waals surface area contributed by atoms with Crippen LogP contribution in [0.1, 0.15) is 26.2 Å². The first-order chi connectivity index (χ1) is 5.34. The van der Waals surface area contributed by atoms with E-state index in [1.54, 1.807) is 0 Å². The molecule has 1 heterocycles. The second-order valence-corrected chi connectivity index (χ2v) is 4.13. The fourth-order valence-electron chi connectivity index (χ4n) is 1.29. The molecule has 0 saturated carbocycles. The zero-order valence-corrected chi connectivity index (χ0v) is 8.07. The van der Waals surface area contributed by atoms with E-state index in [2.05, 4.69) is 11.8 Å². The number of rotatable bonds is 4. The van der Waals surface area contributed by atoms with E-state index in [4.69, 9.17) is 5.73 Å². The molecule has 2 nitrogen and oxygen atoms in total. The van der Waals surface area contributed by atoms with Crippen molar-refractivity contribution in [2.75, 3.05) is 18.2 Å². The van der Waals surface area contributed by atoms with Crippen LogP contribution in [-0.4, -0.2) is 29.2 Å². The Bertz CT molecular complexity index is 102. The van der Waals surface area contributed by atoms with Crippen LogP contribution in [0, 0.1) is 0 Å². The topological polar surface area (TPSA) is 29.3 Å². The Morgan fingerprint density at radius 1 is 1.64 bits per heavy atom. The monoisotopic (exact) mass is 174 g/mol. The third kappa shape index (κ3) is 3.01. The van der Waals surface area contributed by atoms with E-state index in [-0.39, 0.29) is 0 Å². The minimum Gasteiger partial charge on any atom is -0.316 e. The lowest BCUT2D eigenvalue weighted by Gasteiger charge is -2.22. The van der Waals surface area contributed by atoms with Crippen LogP contribution in [0.5, 0.6) is 0 Å². The Balaban J connectivity index is 2.12. The molecule has 0 amide bonds. The van der Waals surface area contributed by atoms with Gasteiger partial charge in [-0.3, -0.25) is 4.90 Å². The number of unbranched alkanes of at least 4 members (excludes halogenated alkanes) is 1. The zero-order valence-electron chi connectivity index (χ0n) is 7.25. The normalized spacial score (nSPS) is 22.4. The van der Waals surface area contributed by atoms with Crippen molar-refractivity contribution in [2.24, 2.45) is 5.73 Å². The lowest BCUT2D eigenvalue weighted by atomic mass is 10.2. The molecule has 3 heteroatoms. The minimum atomic E-state index is 0.324. The van der Waals surface area contributed by atoms with E-state index in [9.17, 15) is 0 Å². The molecule has 0 aromatic rings. The third-order valence-electron chi connectivity index (χ3n) is 2.10. The average molecular weight is 174 g/mol. The van der Waals surface area contributed by atoms with Crippen LogP contribution in [0.25, 0.3) is 0 Å². The molecule has 2 N–H and O–H groups in total. The van der Waals surface area contributed by atoms with Gasteiger partial charge in [-0.05, 0) is 6.42 Å². The predicted octanol–water partition coefficient (Wildman–Crippen LogP) is 1.47. The van der Waals surface area contributed by atoms with Crippen LogP contribution < -0.4 is 5.73 Å². The maximum atomic E-state index is 5.98. The molecule has 0 spiro atoms. The smallest absolute Gasteiger partial charge is 0.0579 e. The van der Waals surface area contributed by atoms with E-state index in [0.717, 1.165) is 12.3 Å². The van der Waals surface area contributed by atoms with Crippen molar-refractivity contribution in [2.45, 2.75) is 32.4 Å². The number of nitrogens with two attached hydrogens (primary N) is 1. The molecule has 1 atom stereocenters. The highest BCUT2D eigenvalue weighted by Crippen LogP contribution is 2.16. The van der Waals surface area contributed by atoms with E-state index in [1.807, 2.05) is 11.8 Å². The molecule has 0 bridgehead atoms. The number of nitrogens with zero attached hydrogens (tertiary/aromatic N) is 1. The van der Waals surface area contributed by atoms with Gasteiger partial charge in [-0.25, -0.2) is 0 Å². The van der Waals surface area contributed by atoms with Gasteiger partial charge in [-0.2, -0.15) is 0 Å². The van der Waals surface area contributed by atoms with Gasteiger partial charge in [0.05, 0.1) is 6.17 Å². The molecule has 1 unspecified atom stereocenters. The molecule has 0 aromatic carbocycles. The summed E-state index contributed by atoms with van der Waals surface area (Å²) in [6, 6.07) is 0. The van der Waals surface area contributed by atoms with Gasteiger partial charge in [0, 0.05) is 18.2 Å². The van der Waals surface area contributed by atoms with Crippen molar-refractivity contribution in [3.63, 3.8) is 0 Å². The summed E-state index contributed by atoms with van der Waals surface area (Å²) in [6.45, 7) is 3.40. The molecular weight excluding hydrogens is 156 g/mol. The van der Waals surface area contributed by atoms with Gasteiger partial charge in [0.2, 0.25) is 0 Å². The Kier molecular flexibility index (Phi) is 4.26. The van der Waals surface area contributed by atoms with Gasteiger partial charge in [-0.1, -0.05) is 19.8 Å². The molecule has 0 aromatic heterocycles. The molecule has 1 rings (SSSR count). The second-order valence-electron chi connectivity index (χ2n) is 3.06. The highest BCUT2D eigenvalue weighted by atomic mass is 32.2.